The maximum atomic E-state index is 12.4. The van der Waals surface area contributed by atoms with E-state index < -0.39 is 10.0 Å². The number of hydrogen-bond acceptors (Lipinski definition) is 4. The molecule has 0 radical (unpaired) electrons. The van der Waals surface area contributed by atoms with E-state index in [-0.39, 0.29) is 10.8 Å². The molecule has 0 spiro atoms. The van der Waals surface area contributed by atoms with Gasteiger partial charge < -0.3 is 10.2 Å². The molecule has 0 atom stereocenters. The van der Waals surface area contributed by atoms with Gasteiger partial charge in [0.1, 0.15) is 0 Å². The first kappa shape index (κ1) is 20.4. The van der Waals surface area contributed by atoms with Crippen LogP contribution in [0.25, 0.3) is 0 Å². The van der Waals surface area contributed by atoms with Gasteiger partial charge in [0.25, 0.3) is 15.9 Å². The Balaban J connectivity index is 1.53. The van der Waals surface area contributed by atoms with Gasteiger partial charge in [-0.15, -0.1) is 0 Å². The number of carbonyl (C=O) groups excluding carboxylic acids is 1. The van der Waals surface area contributed by atoms with Gasteiger partial charge in [0.05, 0.1) is 4.90 Å². The summed E-state index contributed by atoms with van der Waals surface area (Å²) in [4.78, 5) is 15.0. The predicted octanol–water partition coefficient (Wildman–Crippen LogP) is 3.09. The minimum Gasteiger partial charge on any atom is -0.352 e. The van der Waals surface area contributed by atoms with Gasteiger partial charge in [-0.1, -0.05) is 30.7 Å². The molecule has 7 heteroatoms. The third-order valence-corrected chi connectivity index (χ3v) is 6.21. The summed E-state index contributed by atoms with van der Waals surface area (Å²) in [6.45, 7) is 3.90. The van der Waals surface area contributed by atoms with Crippen LogP contribution >= 0.6 is 0 Å². The predicted molar refractivity (Wildman–Crippen MR) is 111 cm³/mol. The van der Waals surface area contributed by atoms with E-state index in [0.29, 0.717) is 17.8 Å². The maximum Gasteiger partial charge on any atom is 0.261 e. The van der Waals surface area contributed by atoms with Crippen LogP contribution in [0.1, 0.15) is 36.0 Å². The molecule has 150 valence electrons. The van der Waals surface area contributed by atoms with Crippen molar-refractivity contribution in [1.29, 1.82) is 0 Å². The lowest BCUT2D eigenvalue weighted by Crippen LogP contribution is -2.33. The van der Waals surface area contributed by atoms with Crippen LogP contribution in [0.2, 0.25) is 0 Å². The highest BCUT2D eigenvalue weighted by atomic mass is 32.2. The Kier molecular flexibility index (Phi) is 7.06. The van der Waals surface area contributed by atoms with Crippen molar-refractivity contribution in [2.24, 2.45) is 0 Å². The van der Waals surface area contributed by atoms with E-state index in [2.05, 4.69) is 14.9 Å². The Morgan fingerprint density at radius 2 is 1.71 bits per heavy atom. The van der Waals surface area contributed by atoms with Gasteiger partial charge in [0.2, 0.25) is 0 Å². The lowest BCUT2D eigenvalue weighted by atomic mass is 10.1. The number of piperidine rings is 1. The summed E-state index contributed by atoms with van der Waals surface area (Å²) in [6, 6.07) is 14.7. The van der Waals surface area contributed by atoms with Crippen molar-refractivity contribution in [3.05, 3.63) is 60.2 Å². The lowest BCUT2D eigenvalue weighted by molar-refractivity contribution is 0.0951. The number of rotatable bonds is 8. The van der Waals surface area contributed by atoms with E-state index in [1.165, 1.54) is 31.4 Å². The molecule has 1 amide bonds. The number of anilines is 1. The fraction of sp³-hybridized carbons (Fsp3) is 0.381. The van der Waals surface area contributed by atoms with Gasteiger partial charge in [-0.3, -0.25) is 9.52 Å². The largest absolute Gasteiger partial charge is 0.352 e. The van der Waals surface area contributed by atoms with Crippen LogP contribution in [0.3, 0.4) is 0 Å². The van der Waals surface area contributed by atoms with Crippen molar-refractivity contribution in [2.45, 2.75) is 30.6 Å². The molecule has 28 heavy (non-hydrogen) atoms. The molecule has 0 aliphatic carbocycles. The number of benzene rings is 2. The summed E-state index contributed by atoms with van der Waals surface area (Å²) in [5.74, 6) is -0.195. The van der Waals surface area contributed by atoms with Gasteiger partial charge >= 0.3 is 0 Å². The zero-order chi connectivity index (χ0) is 19.8. The molecule has 2 N–H and O–H groups in total. The average molecular weight is 402 g/mol. The SMILES string of the molecule is O=C(NCCCN1CCCCC1)c1cccc(NS(=O)(=O)c2ccccc2)c1. The van der Waals surface area contributed by atoms with Gasteiger partial charge in [0.15, 0.2) is 0 Å². The first-order valence-electron chi connectivity index (χ1n) is 9.73. The van der Waals surface area contributed by atoms with E-state index >= 15 is 0 Å². The third kappa shape index (κ3) is 5.81. The zero-order valence-corrected chi connectivity index (χ0v) is 16.7. The average Bonchev–Trinajstić information content (AvgIpc) is 2.72. The topological polar surface area (TPSA) is 78.5 Å². The minimum absolute atomic E-state index is 0.183. The van der Waals surface area contributed by atoms with Gasteiger partial charge in [-0.25, -0.2) is 8.42 Å². The number of amides is 1. The van der Waals surface area contributed by atoms with Crippen molar-refractivity contribution in [3.8, 4) is 0 Å². The van der Waals surface area contributed by atoms with Crippen molar-refractivity contribution >= 4 is 21.6 Å². The summed E-state index contributed by atoms with van der Waals surface area (Å²) in [5.41, 5.74) is 0.802. The van der Waals surface area contributed by atoms with E-state index in [9.17, 15) is 13.2 Å². The highest BCUT2D eigenvalue weighted by molar-refractivity contribution is 7.92. The minimum atomic E-state index is -3.68. The van der Waals surface area contributed by atoms with Crippen LogP contribution in [0.15, 0.2) is 59.5 Å². The lowest BCUT2D eigenvalue weighted by Gasteiger charge is -2.26. The van der Waals surface area contributed by atoms with E-state index in [1.807, 2.05) is 0 Å². The van der Waals surface area contributed by atoms with Crippen LogP contribution in [0, 0.1) is 0 Å². The van der Waals surface area contributed by atoms with Crippen LogP contribution in [0.4, 0.5) is 5.69 Å². The standard InChI is InChI=1S/C21H27N3O3S/c25-21(22-13-8-16-24-14-5-2-6-15-24)18-9-7-10-19(17-18)23-28(26,27)20-11-3-1-4-12-20/h1,3-4,7,9-12,17,23H,2,5-6,8,13-16H2,(H,22,25). The summed E-state index contributed by atoms with van der Waals surface area (Å²) in [7, 11) is -3.68. The maximum absolute atomic E-state index is 12.4. The van der Waals surface area contributed by atoms with Gasteiger partial charge in [-0.05, 0) is 69.2 Å². The Morgan fingerprint density at radius 3 is 2.46 bits per heavy atom. The van der Waals surface area contributed by atoms with E-state index in [1.54, 1.807) is 42.5 Å². The molecular formula is C21H27N3O3S. The molecule has 2 aromatic rings. The van der Waals surface area contributed by atoms with Crippen molar-refractivity contribution in [1.82, 2.24) is 10.2 Å². The first-order valence-corrected chi connectivity index (χ1v) is 11.2. The summed E-state index contributed by atoms with van der Waals surface area (Å²) < 4.78 is 27.4. The quantitative estimate of drug-likeness (QED) is 0.667. The summed E-state index contributed by atoms with van der Waals surface area (Å²) in [6.07, 6.45) is 4.75. The van der Waals surface area contributed by atoms with Crippen LogP contribution < -0.4 is 10.0 Å². The Labute approximate surface area is 167 Å². The van der Waals surface area contributed by atoms with Gasteiger partial charge in [-0.2, -0.15) is 0 Å². The number of sulfonamides is 1. The molecule has 3 rings (SSSR count). The number of hydrogen-bond donors (Lipinski definition) is 2. The molecule has 1 saturated heterocycles. The Hall–Kier alpha value is -2.38. The highest BCUT2D eigenvalue weighted by Crippen LogP contribution is 2.17. The molecular weight excluding hydrogens is 374 g/mol. The first-order chi connectivity index (χ1) is 13.5. The Morgan fingerprint density at radius 1 is 0.964 bits per heavy atom. The highest BCUT2D eigenvalue weighted by Gasteiger charge is 2.15. The molecule has 2 aromatic carbocycles. The molecule has 0 aromatic heterocycles. The fourth-order valence-corrected chi connectivity index (χ4v) is 4.40. The third-order valence-electron chi connectivity index (χ3n) is 4.82. The molecule has 1 heterocycles. The molecule has 0 unspecified atom stereocenters. The smallest absolute Gasteiger partial charge is 0.261 e. The van der Waals surface area contributed by atoms with E-state index in [0.717, 1.165) is 26.1 Å². The second-order valence-electron chi connectivity index (χ2n) is 7.01. The molecule has 1 aliphatic heterocycles. The number of carbonyl (C=O) groups is 1. The normalized spacial score (nSPS) is 15.1. The second kappa shape index (κ2) is 9.71. The number of nitrogens with zero attached hydrogens (tertiary/aromatic N) is 1. The Bertz CT molecular complexity index is 879. The zero-order valence-electron chi connectivity index (χ0n) is 15.9. The number of likely N-dealkylation sites (tertiary alicyclic amines) is 1. The molecule has 1 fully saturated rings. The fourth-order valence-electron chi connectivity index (χ4n) is 3.33. The van der Waals surface area contributed by atoms with Crippen molar-refractivity contribution in [3.63, 3.8) is 0 Å². The van der Waals surface area contributed by atoms with Crippen LogP contribution in [0.5, 0.6) is 0 Å². The van der Waals surface area contributed by atoms with Gasteiger partial charge in [0, 0.05) is 17.8 Å². The number of nitrogens with one attached hydrogen (secondary N) is 2. The van der Waals surface area contributed by atoms with Crippen LogP contribution in [-0.2, 0) is 10.0 Å². The van der Waals surface area contributed by atoms with Crippen molar-refractivity contribution in [2.75, 3.05) is 30.9 Å². The second-order valence-corrected chi connectivity index (χ2v) is 8.69. The molecule has 0 saturated carbocycles. The molecule has 0 bridgehead atoms. The van der Waals surface area contributed by atoms with Crippen LogP contribution in [-0.4, -0.2) is 45.4 Å². The summed E-state index contributed by atoms with van der Waals surface area (Å²) >= 11 is 0. The monoisotopic (exact) mass is 401 g/mol. The molecule has 1 aliphatic rings. The molecule has 6 nitrogen and oxygen atoms in total. The summed E-state index contributed by atoms with van der Waals surface area (Å²) in [5, 5.41) is 2.92. The van der Waals surface area contributed by atoms with Crippen molar-refractivity contribution < 1.29 is 13.2 Å². The van der Waals surface area contributed by atoms with E-state index in [4.69, 9.17) is 0 Å².